The van der Waals surface area contributed by atoms with Crippen molar-refractivity contribution in [3.05, 3.63) is 0 Å². The third-order valence-electron chi connectivity index (χ3n) is 3.24. The van der Waals surface area contributed by atoms with Crippen molar-refractivity contribution in [1.82, 2.24) is 0 Å². The maximum atomic E-state index is 11.4. The molecule has 0 radical (unpaired) electrons. The molecule has 0 spiro atoms. The van der Waals surface area contributed by atoms with E-state index in [0.717, 1.165) is 6.42 Å². The number of aliphatic hydroxyl groups excluding tert-OH is 1. The summed E-state index contributed by atoms with van der Waals surface area (Å²) in [4.78, 5) is 11.4. The number of carbonyl (C=O) groups is 1. The van der Waals surface area contributed by atoms with Crippen molar-refractivity contribution in [2.24, 2.45) is 0 Å². The van der Waals surface area contributed by atoms with Gasteiger partial charge in [-0.15, -0.1) is 0 Å². The number of rotatable bonds is 1. The molecule has 0 aromatic rings. The summed E-state index contributed by atoms with van der Waals surface area (Å²) in [5, 5.41) is 9.66. The number of ether oxygens (including phenoxy) is 2. The first-order valence-corrected chi connectivity index (χ1v) is 4.49. The van der Waals surface area contributed by atoms with Gasteiger partial charge in [0.2, 0.25) is 0 Å². The van der Waals surface area contributed by atoms with Gasteiger partial charge in [0, 0.05) is 6.42 Å². The molecule has 2 aliphatic rings. The molecule has 0 aromatic heterocycles. The van der Waals surface area contributed by atoms with Crippen LogP contribution < -0.4 is 0 Å². The minimum Gasteiger partial charge on any atom is -0.467 e. The summed E-state index contributed by atoms with van der Waals surface area (Å²) in [6.45, 7) is 1.84. The lowest BCUT2D eigenvalue weighted by atomic mass is 9.81. The van der Waals surface area contributed by atoms with Crippen LogP contribution in [-0.2, 0) is 14.3 Å². The van der Waals surface area contributed by atoms with E-state index in [-0.39, 0.29) is 5.97 Å². The van der Waals surface area contributed by atoms with E-state index in [1.165, 1.54) is 7.11 Å². The van der Waals surface area contributed by atoms with Gasteiger partial charge in [0.25, 0.3) is 0 Å². The van der Waals surface area contributed by atoms with E-state index in [1.54, 1.807) is 0 Å². The Morgan fingerprint density at radius 2 is 2.31 bits per heavy atom. The van der Waals surface area contributed by atoms with Gasteiger partial charge in [-0.1, -0.05) is 0 Å². The molecular formula is C9H14O4. The molecule has 74 valence electrons. The van der Waals surface area contributed by atoms with Crippen LogP contribution in [0.4, 0.5) is 0 Å². The Morgan fingerprint density at radius 3 is 2.69 bits per heavy atom. The summed E-state index contributed by atoms with van der Waals surface area (Å²) in [5.74, 6) is -0.354. The van der Waals surface area contributed by atoms with E-state index in [9.17, 15) is 9.90 Å². The molecule has 4 nitrogen and oxygen atoms in total. The fraction of sp³-hybridized carbons (Fsp3) is 0.889. The average molecular weight is 186 g/mol. The Bertz CT molecular complexity index is 252. The highest BCUT2D eigenvalue weighted by Crippen LogP contribution is 2.51. The largest absolute Gasteiger partial charge is 0.467 e. The first-order valence-electron chi connectivity index (χ1n) is 4.49. The smallest absolute Gasteiger partial charge is 0.338 e. The minimum absolute atomic E-state index is 0.354. The monoisotopic (exact) mass is 186 g/mol. The van der Waals surface area contributed by atoms with Crippen molar-refractivity contribution in [3.63, 3.8) is 0 Å². The predicted molar refractivity (Wildman–Crippen MR) is 44.1 cm³/mol. The van der Waals surface area contributed by atoms with E-state index in [4.69, 9.17) is 4.74 Å². The van der Waals surface area contributed by atoms with Gasteiger partial charge in [-0.05, 0) is 19.8 Å². The number of carbonyl (C=O) groups excluding carboxylic acids is 1. The van der Waals surface area contributed by atoms with Gasteiger partial charge in [0.15, 0.2) is 5.60 Å². The lowest BCUT2D eigenvalue weighted by Crippen LogP contribution is -2.39. The number of hydrogen-bond acceptors (Lipinski definition) is 4. The summed E-state index contributed by atoms with van der Waals surface area (Å²) < 4.78 is 10.3. The molecule has 3 atom stereocenters. The molecule has 3 unspecified atom stereocenters. The summed E-state index contributed by atoms with van der Waals surface area (Å²) in [6.07, 6.45) is 1.22. The van der Waals surface area contributed by atoms with Crippen LogP contribution in [0.1, 0.15) is 26.2 Å². The zero-order valence-corrected chi connectivity index (χ0v) is 7.87. The molecule has 2 saturated heterocycles. The maximum Gasteiger partial charge on any atom is 0.338 e. The quantitative estimate of drug-likeness (QED) is 0.596. The molecule has 0 aromatic carbocycles. The Kier molecular flexibility index (Phi) is 1.69. The summed E-state index contributed by atoms with van der Waals surface area (Å²) in [5.41, 5.74) is -1.39. The van der Waals surface area contributed by atoms with Crippen LogP contribution in [0.3, 0.4) is 0 Å². The third kappa shape index (κ3) is 1.02. The highest BCUT2D eigenvalue weighted by molar-refractivity contribution is 5.80. The lowest BCUT2D eigenvalue weighted by Gasteiger charge is -2.24. The van der Waals surface area contributed by atoms with Crippen LogP contribution in [0.15, 0.2) is 0 Å². The highest BCUT2D eigenvalue weighted by atomic mass is 16.6. The lowest BCUT2D eigenvalue weighted by molar-refractivity contribution is -0.165. The number of fused-ring (bicyclic) bond motifs is 2. The second-order valence-electron chi connectivity index (χ2n) is 4.12. The molecule has 0 saturated carbocycles. The van der Waals surface area contributed by atoms with E-state index in [2.05, 4.69) is 4.74 Å². The van der Waals surface area contributed by atoms with Crippen molar-refractivity contribution in [2.75, 3.05) is 7.11 Å². The van der Waals surface area contributed by atoms with E-state index < -0.39 is 17.3 Å². The molecule has 2 rings (SSSR count). The Morgan fingerprint density at radius 1 is 1.62 bits per heavy atom. The number of methoxy groups -OCH3 is 1. The van der Waals surface area contributed by atoms with E-state index in [1.807, 2.05) is 6.92 Å². The predicted octanol–water partition coefficient (Wildman–Crippen LogP) is 0.232. The van der Waals surface area contributed by atoms with E-state index in [0.29, 0.717) is 12.8 Å². The van der Waals surface area contributed by atoms with Gasteiger partial charge >= 0.3 is 5.97 Å². The fourth-order valence-corrected chi connectivity index (χ4v) is 2.32. The molecule has 2 fully saturated rings. The zero-order valence-electron chi connectivity index (χ0n) is 7.87. The molecule has 2 bridgehead atoms. The van der Waals surface area contributed by atoms with Gasteiger partial charge in [0.05, 0.1) is 18.8 Å². The van der Waals surface area contributed by atoms with Crippen LogP contribution in [0.2, 0.25) is 0 Å². The van der Waals surface area contributed by atoms with Crippen molar-refractivity contribution >= 4 is 5.97 Å². The third-order valence-corrected chi connectivity index (χ3v) is 3.24. The molecule has 2 aliphatic heterocycles. The first-order chi connectivity index (χ1) is 6.02. The summed E-state index contributed by atoms with van der Waals surface area (Å²) >= 11 is 0. The Balaban J connectivity index is 2.25. The standard InChI is InChI=1S/C9H14O4/c1-8-3-4-9(13-8,5-6(8)10)7(11)12-2/h6,10H,3-5H2,1-2H3. The van der Waals surface area contributed by atoms with Gasteiger partial charge in [-0.2, -0.15) is 0 Å². The van der Waals surface area contributed by atoms with Crippen molar-refractivity contribution in [2.45, 2.75) is 43.5 Å². The maximum absolute atomic E-state index is 11.4. The van der Waals surface area contributed by atoms with E-state index >= 15 is 0 Å². The Hall–Kier alpha value is -0.610. The van der Waals surface area contributed by atoms with Crippen LogP contribution in [0, 0.1) is 0 Å². The fourth-order valence-electron chi connectivity index (χ4n) is 2.32. The van der Waals surface area contributed by atoms with Gasteiger partial charge in [-0.3, -0.25) is 0 Å². The van der Waals surface area contributed by atoms with Crippen molar-refractivity contribution in [1.29, 1.82) is 0 Å². The summed E-state index contributed by atoms with van der Waals surface area (Å²) in [6, 6.07) is 0. The summed E-state index contributed by atoms with van der Waals surface area (Å²) in [7, 11) is 1.35. The minimum atomic E-state index is -0.858. The topological polar surface area (TPSA) is 55.8 Å². The van der Waals surface area contributed by atoms with Crippen molar-refractivity contribution < 1.29 is 19.4 Å². The molecule has 4 heteroatoms. The zero-order chi connectivity index (χ0) is 9.69. The number of aliphatic hydroxyl groups is 1. The van der Waals surface area contributed by atoms with Crippen LogP contribution in [0.5, 0.6) is 0 Å². The Labute approximate surface area is 76.8 Å². The second kappa shape index (κ2) is 2.45. The van der Waals surface area contributed by atoms with Crippen LogP contribution in [0.25, 0.3) is 0 Å². The molecule has 0 aliphatic carbocycles. The second-order valence-corrected chi connectivity index (χ2v) is 4.12. The van der Waals surface area contributed by atoms with Crippen molar-refractivity contribution in [3.8, 4) is 0 Å². The first kappa shape index (κ1) is 8.97. The van der Waals surface area contributed by atoms with Gasteiger partial charge < -0.3 is 14.6 Å². The van der Waals surface area contributed by atoms with Gasteiger partial charge in [-0.25, -0.2) is 4.79 Å². The molecule has 13 heavy (non-hydrogen) atoms. The SMILES string of the molecule is COC(=O)C12CCC(C)(O1)C(O)C2. The van der Waals surface area contributed by atoms with Crippen LogP contribution in [-0.4, -0.2) is 35.5 Å². The molecule has 0 amide bonds. The highest BCUT2D eigenvalue weighted by Gasteiger charge is 2.63. The number of esters is 1. The molecule has 1 N–H and O–H groups in total. The normalized spacial score (nSPS) is 48.1. The van der Waals surface area contributed by atoms with Gasteiger partial charge in [0.1, 0.15) is 0 Å². The molecule has 2 heterocycles. The molecular weight excluding hydrogens is 172 g/mol. The average Bonchev–Trinajstić information content (AvgIpc) is 2.55. The number of hydrogen-bond donors (Lipinski definition) is 1. The van der Waals surface area contributed by atoms with Crippen LogP contribution >= 0.6 is 0 Å².